The first-order valence-corrected chi connectivity index (χ1v) is 4.31. The van der Waals surface area contributed by atoms with Gasteiger partial charge in [-0.05, 0) is 0 Å². The highest BCUT2D eigenvalue weighted by Gasteiger charge is 2.36. The quantitative estimate of drug-likeness (QED) is 0.392. The fraction of sp³-hybridized carbons (Fsp3) is 0.500. The van der Waals surface area contributed by atoms with E-state index in [0.29, 0.717) is 11.8 Å². The molecule has 0 nitrogen and oxygen atoms in total. The molecule has 2 atom stereocenters. The highest BCUT2D eigenvalue weighted by atomic mass is 35.5. The minimum Gasteiger partial charge on any atom is -0.118 e. The zero-order valence-corrected chi connectivity index (χ0v) is 6.89. The van der Waals surface area contributed by atoms with Crippen molar-refractivity contribution in [2.24, 2.45) is 11.8 Å². The largest absolute Gasteiger partial charge is 0.118 e. The normalized spacial score (nSPS) is 50.2. The van der Waals surface area contributed by atoms with E-state index < -0.39 is 0 Å². The van der Waals surface area contributed by atoms with E-state index in [0.717, 1.165) is 0 Å². The van der Waals surface area contributed by atoms with Crippen molar-refractivity contribution >= 4 is 23.2 Å². The third-order valence-corrected chi connectivity index (χ3v) is 3.09. The van der Waals surface area contributed by atoms with Crippen molar-refractivity contribution in [2.75, 3.05) is 0 Å². The lowest BCUT2D eigenvalue weighted by molar-refractivity contribution is 0.537. The fourth-order valence-electron chi connectivity index (χ4n) is 1.65. The van der Waals surface area contributed by atoms with Crippen LogP contribution in [0.2, 0.25) is 0 Å². The molecular formula is C8H8Cl2. The van der Waals surface area contributed by atoms with Crippen LogP contribution in [0.15, 0.2) is 24.3 Å². The number of fused-ring (bicyclic) bond motifs is 1. The standard InChI is InChI=1S/C8H8Cl2/c9-6-3-1-5-2-4-7(10)8(5)6/h1-8H. The predicted molar refractivity (Wildman–Crippen MR) is 44.5 cm³/mol. The summed E-state index contributed by atoms with van der Waals surface area (Å²) in [5.74, 6) is 0.924. The van der Waals surface area contributed by atoms with Crippen LogP contribution in [0.1, 0.15) is 0 Å². The Morgan fingerprint density at radius 3 is 1.70 bits per heavy atom. The summed E-state index contributed by atoms with van der Waals surface area (Å²) in [6.45, 7) is 0. The molecule has 2 rings (SSSR count). The minimum absolute atomic E-state index is 0.141. The molecule has 0 bridgehead atoms. The Morgan fingerprint density at radius 2 is 1.30 bits per heavy atom. The van der Waals surface area contributed by atoms with E-state index >= 15 is 0 Å². The van der Waals surface area contributed by atoms with Crippen molar-refractivity contribution in [3.63, 3.8) is 0 Å². The summed E-state index contributed by atoms with van der Waals surface area (Å²) < 4.78 is 0. The molecule has 2 aliphatic carbocycles. The van der Waals surface area contributed by atoms with Crippen LogP contribution in [0.3, 0.4) is 0 Å². The van der Waals surface area contributed by atoms with Crippen LogP contribution < -0.4 is 0 Å². The number of hydrogen-bond donors (Lipinski definition) is 0. The molecule has 0 amide bonds. The molecule has 0 N–H and O–H groups in total. The number of alkyl halides is 2. The van der Waals surface area contributed by atoms with Gasteiger partial charge in [-0.2, -0.15) is 0 Å². The van der Waals surface area contributed by atoms with E-state index in [1.807, 2.05) is 12.2 Å². The second-order valence-corrected chi connectivity index (χ2v) is 3.82. The van der Waals surface area contributed by atoms with Gasteiger partial charge in [-0.1, -0.05) is 24.3 Å². The van der Waals surface area contributed by atoms with Crippen LogP contribution in [0.4, 0.5) is 0 Å². The molecule has 10 heavy (non-hydrogen) atoms. The molecular weight excluding hydrogens is 167 g/mol. The zero-order valence-electron chi connectivity index (χ0n) is 5.37. The van der Waals surface area contributed by atoms with E-state index in [9.17, 15) is 0 Å². The maximum absolute atomic E-state index is 6.00. The molecule has 0 aromatic rings. The molecule has 54 valence electrons. The van der Waals surface area contributed by atoms with Gasteiger partial charge >= 0.3 is 0 Å². The van der Waals surface area contributed by atoms with Gasteiger partial charge in [0.2, 0.25) is 0 Å². The van der Waals surface area contributed by atoms with Crippen molar-refractivity contribution in [1.29, 1.82) is 0 Å². The van der Waals surface area contributed by atoms with Crippen LogP contribution in [-0.4, -0.2) is 10.8 Å². The van der Waals surface area contributed by atoms with Gasteiger partial charge in [-0.3, -0.25) is 0 Å². The summed E-state index contributed by atoms with van der Waals surface area (Å²) >= 11 is 12.0. The fourth-order valence-corrected chi connectivity index (χ4v) is 2.54. The van der Waals surface area contributed by atoms with E-state index in [2.05, 4.69) is 12.2 Å². The number of hydrogen-bond acceptors (Lipinski definition) is 0. The zero-order chi connectivity index (χ0) is 7.14. The molecule has 0 spiro atoms. The van der Waals surface area contributed by atoms with Gasteiger partial charge in [-0.25, -0.2) is 0 Å². The summed E-state index contributed by atoms with van der Waals surface area (Å²) in [5.41, 5.74) is 0. The van der Waals surface area contributed by atoms with Gasteiger partial charge in [0, 0.05) is 11.8 Å². The van der Waals surface area contributed by atoms with E-state index in [-0.39, 0.29) is 10.8 Å². The summed E-state index contributed by atoms with van der Waals surface area (Å²) in [6, 6.07) is 0. The van der Waals surface area contributed by atoms with Crippen molar-refractivity contribution in [3.05, 3.63) is 24.3 Å². The summed E-state index contributed by atoms with van der Waals surface area (Å²) in [7, 11) is 0. The van der Waals surface area contributed by atoms with Crippen molar-refractivity contribution in [1.82, 2.24) is 0 Å². The van der Waals surface area contributed by atoms with Crippen LogP contribution in [0, 0.1) is 11.8 Å². The molecule has 0 aromatic heterocycles. The molecule has 0 heterocycles. The molecule has 0 radical (unpaired) electrons. The topological polar surface area (TPSA) is 0 Å². The lowest BCUT2D eigenvalue weighted by Gasteiger charge is -2.15. The molecule has 0 saturated heterocycles. The maximum atomic E-state index is 6.00. The monoisotopic (exact) mass is 174 g/mol. The van der Waals surface area contributed by atoms with E-state index in [1.54, 1.807) is 0 Å². The Hall–Kier alpha value is 0.0600. The first-order chi connectivity index (χ1) is 4.79. The summed E-state index contributed by atoms with van der Waals surface area (Å²) in [6.07, 6.45) is 8.36. The highest BCUT2D eigenvalue weighted by Crippen LogP contribution is 2.40. The lowest BCUT2D eigenvalue weighted by Crippen LogP contribution is -2.19. The van der Waals surface area contributed by atoms with Crippen LogP contribution in [0.5, 0.6) is 0 Å². The first kappa shape index (κ1) is 6.75. The third kappa shape index (κ3) is 0.826. The Kier molecular flexibility index (Phi) is 1.54. The average molecular weight is 175 g/mol. The molecule has 2 unspecified atom stereocenters. The van der Waals surface area contributed by atoms with Crippen LogP contribution >= 0.6 is 23.2 Å². The first-order valence-electron chi connectivity index (χ1n) is 3.44. The summed E-state index contributed by atoms with van der Waals surface area (Å²) in [5, 5.41) is 0.282. The second-order valence-electron chi connectivity index (χ2n) is 2.81. The van der Waals surface area contributed by atoms with Crippen molar-refractivity contribution in [2.45, 2.75) is 10.8 Å². The van der Waals surface area contributed by atoms with Gasteiger partial charge in [-0.15, -0.1) is 23.2 Å². The molecule has 0 fully saturated rings. The number of halogens is 2. The van der Waals surface area contributed by atoms with Crippen LogP contribution in [0.25, 0.3) is 0 Å². The Morgan fingerprint density at radius 1 is 0.800 bits per heavy atom. The molecule has 0 aliphatic heterocycles. The predicted octanol–water partition coefficient (Wildman–Crippen LogP) is 2.57. The maximum Gasteiger partial charge on any atom is 0.0570 e. The van der Waals surface area contributed by atoms with E-state index in [4.69, 9.17) is 23.2 Å². The summed E-state index contributed by atoms with van der Waals surface area (Å²) in [4.78, 5) is 0. The Bertz CT molecular complexity index is 175. The van der Waals surface area contributed by atoms with Gasteiger partial charge in [0.1, 0.15) is 0 Å². The second kappa shape index (κ2) is 2.28. The van der Waals surface area contributed by atoms with Crippen molar-refractivity contribution in [3.8, 4) is 0 Å². The highest BCUT2D eigenvalue weighted by molar-refractivity contribution is 6.25. The van der Waals surface area contributed by atoms with Gasteiger partial charge in [0.25, 0.3) is 0 Å². The van der Waals surface area contributed by atoms with Gasteiger partial charge in [0.05, 0.1) is 10.8 Å². The van der Waals surface area contributed by atoms with E-state index in [1.165, 1.54) is 0 Å². The Balaban J connectivity index is 2.24. The van der Waals surface area contributed by atoms with Crippen molar-refractivity contribution < 1.29 is 0 Å². The van der Waals surface area contributed by atoms with Gasteiger partial charge in [0.15, 0.2) is 0 Å². The number of rotatable bonds is 0. The lowest BCUT2D eigenvalue weighted by atomic mass is 9.99. The smallest absolute Gasteiger partial charge is 0.0570 e. The molecule has 2 aliphatic rings. The van der Waals surface area contributed by atoms with Gasteiger partial charge < -0.3 is 0 Å². The SMILES string of the molecule is ClC1C=CC2C=CC(Cl)C12. The molecule has 0 saturated carbocycles. The number of allylic oxidation sites excluding steroid dienone is 4. The molecule has 0 aromatic carbocycles. The average Bonchev–Trinajstić information content (AvgIpc) is 2.40. The Labute approximate surface area is 70.5 Å². The van der Waals surface area contributed by atoms with Crippen LogP contribution in [-0.2, 0) is 0 Å². The minimum atomic E-state index is 0.141. The third-order valence-electron chi connectivity index (χ3n) is 2.21. The molecule has 2 heteroatoms.